The van der Waals surface area contributed by atoms with E-state index in [4.69, 9.17) is 21.7 Å². The molecule has 1 amide bonds. The topological polar surface area (TPSA) is 59.6 Å². The lowest BCUT2D eigenvalue weighted by Crippen LogP contribution is -2.34. The third-order valence-corrected chi connectivity index (χ3v) is 4.28. The lowest BCUT2D eigenvalue weighted by molar-refractivity contribution is 0.0977. The third kappa shape index (κ3) is 7.13. The second kappa shape index (κ2) is 10.4. The summed E-state index contributed by atoms with van der Waals surface area (Å²) in [6.45, 7) is 8.70. The van der Waals surface area contributed by atoms with Crippen molar-refractivity contribution in [3.05, 3.63) is 52.5 Å². The number of carbonyl (C=O) groups is 1. The summed E-state index contributed by atoms with van der Waals surface area (Å²) in [5.41, 5.74) is 1.22. The lowest BCUT2D eigenvalue weighted by Gasteiger charge is -2.14. The molecule has 0 fully saturated rings. The molecule has 0 atom stereocenters. The zero-order chi connectivity index (χ0) is 20.7. The van der Waals surface area contributed by atoms with Crippen molar-refractivity contribution in [2.75, 3.05) is 11.9 Å². The SMILES string of the molecule is CC(C)COc1cccc(NC(=S)NC(=O)c2ccc(OC(C)C)c(Br)c2)c1. The Morgan fingerprint density at radius 2 is 1.89 bits per heavy atom. The number of hydrogen-bond donors (Lipinski definition) is 2. The molecule has 0 saturated carbocycles. The predicted molar refractivity (Wildman–Crippen MR) is 120 cm³/mol. The molecule has 150 valence electrons. The Balaban J connectivity index is 1.96. The van der Waals surface area contributed by atoms with Gasteiger partial charge < -0.3 is 14.8 Å². The smallest absolute Gasteiger partial charge is 0.257 e. The van der Waals surface area contributed by atoms with Crippen molar-refractivity contribution >= 4 is 44.9 Å². The molecule has 0 bridgehead atoms. The molecule has 2 N–H and O–H groups in total. The van der Waals surface area contributed by atoms with Gasteiger partial charge in [0.05, 0.1) is 17.2 Å². The second-order valence-electron chi connectivity index (χ2n) is 6.95. The van der Waals surface area contributed by atoms with Gasteiger partial charge in [0.1, 0.15) is 11.5 Å². The van der Waals surface area contributed by atoms with Crippen LogP contribution in [0, 0.1) is 5.92 Å². The number of ether oxygens (including phenoxy) is 2. The first kappa shape index (κ1) is 22.2. The average molecular weight is 465 g/mol. The fourth-order valence-electron chi connectivity index (χ4n) is 2.26. The minimum Gasteiger partial charge on any atom is -0.493 e. The molecule has 0 radical (unpaired) electrons. The molecule has 2 aromatic carbocycles. The largest absolute Gasteiger partial charge is 0.493 e. The number of carbonyl (C=O) groups excluding carboxylic acids is 1. The zero-order valence-electron chi connectivity index (χ0n) is 16.4. The van der Waals surface area contributed by atoms with Gasteiger partial charge >= 0.3 is 0 Å². The first-order valence-electron chi connectivity index (χ1n) is 9.06. The van der Waals surface area contributed by atoms with E-state index < -0.39 is 0 Å². The van der Waals surface area contributed by atoms with E-state index in [1.807, 2.05) is 38.1 Å². The molecule has 2 aromatic rings. The summed E-state index contributed by atoms with van der Waals surface area (Å²) >= 11 is 8.69. The second-order valence-corrected chi connectivity index (χ2v) is 8.22. The number of rotatable bonds is 7. The standard InChI is InChI=1S/C21H25BrN2O3S/c1-13(2)12-26-17-7-5-6-16(11-17)23-21(28)24-20(25)15-8-9-19(18(22)10-15)27-14(3)4/h5-11,13-14H,12H2,1-4H3,(H2,23,24,25,28). The van der Waals surface area contributed by atoms with Gasteiger partial charge in [-0.15, -0.1) is 0 Å². The molecule has 0 unspecified atom stereocenters. The molecule has 0 heterocycles. The Morgan fingerprint density at radius 3 is 2.54 bits per heavy atom. The number of anilines is 1. The van der Waals surface area contributed by atoms with E-state index in [2.05, 4.69) is 40.4 Å². The summed E-state index contributed by atoms with van der Waals surface area (Å²) in [7, 11) is 0. The number of benzene rings is 2. The highest BCUT2D eigenvalue weighted by Gasteiger charge is 2.12. The van der Waals surface area contributed by atoms with Gasteiger partial charge in [0.2, 0.25) is 0 Å². The monoisotopic (exact) mass is 464 g/mol. The van der Waals surface area contributed by atoms with Crippen LogP contribution in [0.3, 0.4) is 0 Å². The van der Waals surface area contributed by atoms with Gasteiger partial charge in [0.15, 0.2) is 5.11 Å². The molecule has 0 spiro atoms. The predicted octanol–water partition coefficient (Wildman–Crippen LogP) is 5.40. The normalized spacial score (nSPS) is 10.7. The first-order valence-corrected chi connectivity index (χ1v) is 10.3. The average Bonchev–Trinajstić information content (AvgIpc) is 2.61. The highest BCUT2D eigenvalue weighted by Crippen LogP contribution is 2.27. The van der Waals surface area contributed by atoms with Crippen molar-refractivity contribution in [1.29, 1.82) is 0 Å². The van der Waals surface area contributed by atoms with Crippen LogP contribution in [0.25, 0.3) is 0 Å². The zero-order valence-corrected chi connectivity index (χ0v) is 18.8. The van der Waals surface area contributed by atoms with E-state index in [0.29, 0.717) is 28.3 Å². The number of nitrogens with one attached hydrogen (secondary N) is 2. The van der Waals surface area contributed by atoms with E-state index in [1.54, 1.807) is 18.2 Å². The molecule has 0 aliphatic carbocycles. The van der Waals surface area contributed by atoms with Crippen molar-refractivity contribution in [2.45, 2.75) is 33.8 Å². The highest BCUT2D eigenvalue weighted by atomic mass is 79.9. The van der Waals surface area contributed by atoms with Gasteiger partial charge in [-0.05, 0) is 78.2 Å². The molecule has 5 nitrogen and oxygen atoms in total. The Morgan fingerprint density at radius 1 is 1.14 bits per heavy atom. The Hall–Kier alpha value is -2.12. The molecular formula is C21H25BrN2O3S. The molecule has 0 saturated heterocycles. The van der Waals surface area contributed by atoms with Crippen LogP contribution in [0.15, 0.2) is 46.9 Å². The molecule has 0 aliphatic heterocycles. The van der Waals surface area contributed by atoms with Crippen LogP contribution in [-0.2, 0) is 0 Å². The van der Waals surface area contributed by atoms with Gasteiger partial charge in [-0.25, -0.2) is 0 Å². The number of thiocarbonyl (C=S) groups is 1. The molecular weight excluding hydrogens is 440 g/mol. The van der Waals surface area contributed by atoms with E-state index in [9.17, 15) is 4.79 Å². The number of hydrogen-bond acceptors (Lipinski definition) is 4. The van der Waals surface area contributed by atoms with E-state index in [1.165, 1.54) is 0 Å². The summed E-state index contributed by atoms with van der Waals surface area (Å²) in [5, 5.41) is 5.90. The Kier molecular flexibility index (Phi) is 8.26. The highest BCUT2D eigenvalue weighted by molar-refractivity contribution is 9.10. The van der Waals surface area contributed by atoms with Crippen molar-refractivity contribution in [3.63, 3.8) is 0 Å². The number of halogens is 1. The van der Waals surface area contributed by atoms with Crippen LogP contribution < -0.4 is 20.1 Å². The fourth-order valence-corrected chi connectivity index (χ4v) is 2.94. The van der Waals surface area contributed by atoms with Crippen LogP contribution in [0.2, 0.25) is 0 Å². The van der Waals surface area contributed by atoms with Gasteiger partial charge in [0, 0.05) is 17.3 Å². The summed E-state index contributed by atoms with van der Waals surface area (Å²) in [6.07, 6.45) is 0.0491. The minimum absolute atomic E-state index is 0.0491. The molecule has 28 heavy (non-hydrogen) atoms. The van der Waals surface area contributed by atoms with Crippen LogP contribution in [0.4, 0.5) is 5.69 Å². The maximum atomic E-state index is 12.5. The summed E-state index contributed by atoms with van der Waals surface area (Å²) < 4.78 is 12.1. The minimum atomic E-state index is -0.304. The fraction of sp³-hybridized carbons (Fsp3) is 0.333. The van der Waals surface area contributed by atoms with Crippen LogP contribution in [0.5, 0.6) is 11.5 Å². The molecule has 7 heteroatoms. The van der Waals surface area contributed by atoms with Crippen molar-refractivity contribution in [2.24, 2.45) is 5.92 Å². The van der Waals surface area contributed by atoms with Gasteiger partial charge in [-0.3, -0.25) is 10.1 Å². The maximum Gasteiger partial charge on any atom is 0.257 e. The van der Waals surface area contributed by atoms with E-state index in [0.717, 1.165) is 11.4 Å². The van der Waals surface area contributed by atoms with E-state index >= 15 is 0 Å². The van der Waals surface area contributed by atoms with Gasteiger partial charge in [0.25, 0.3) is 5.91 Å². The quantitative estimate of drug-likeness (QED) is 0.537. The van der Waals surface area contributed by atoms with Crippen molar-refractivity contribution in [3.8, 4) is 11.5 Å². The Labute approximate surface area is 179 Å². The van der Waals surface area contributed by atoms with Crippen LogP contribution >= 0.6 is 28.1 Å². The van der Waals surface area contributed by atoms with E-state index in [-0.39, 0.29) is 17.1 Å². The van der Waals surface area contributed by atoms with Crippen LogP contribution in [0.1, 0.15) is 38.1 Å². The Bertz CT molecular complexity index is 840. The lowest BCUT2D eigenvalue weighted by atomic mass is 10.2. The maximum absolute atomic E-state index is 12.5. The summed E-state index contributed by atoms with van der Waals surface area (Å²) in [5.74, 6) is 1.57. The van der Waals surface area contributed by atoms with Crippen molar-refractivity contribution in [1.82, 2.24) is 5.32 Å². The molecule has 2 rings (SSSR count). The summed E-state index contributed by atoms with van der Waals surface area (Å²) in [4.78, 5) is 12.5. The summed E-state index contributed by atoms with van der Waals surface area (Å²) in [6, 6.07) is 12.6. The molecule has 0 aliphatic rings. The number of amides is 1. The molecule has 0 aromatic heterocycles. The third-order valence-electron chi connectivity index (χ3n) is 3.46. The first-order chi connectivity index (χ1) is 13.2. The van der Waals surface area contributed by atoms with Crippen LogP contribution in [-0.4, -0.2) is 23.7 Å². The van der Waals surface area contributed by atoms with Gasteiger partial charge in [-0.1, -0.05) is 19.9 Å². The van der Waals surface area contributed by atoms with Gasteiger partial charge in [-0.2, -0.15) is 0 Å². The van der Waals surface area contributed by atoms with Crippen molar-refractivity contribution < 1.29 is 14.3 Å².